The molecule has 180 valence electrons. The van der Waals surface area contributed by atoms with Gasteiger partial charge in [-0.1, -0.05) is 6.08 Å². The maximum Gasteiger partial charge on any atom is 0.367 e. The number of carbonyl (C=O) groups excluding carboxylic acids is 2. The Hall–Kier alpha value is -1.71. The maximum absolute atomic E-state index is 12.2. The van der Waals surface area contributed by atoms with Crippen molar-refractivity contribution in [1.29, 1.82) is 0 Å². The maximum atomic E-state index is 12.2. The van der Waals surface area contributed by atoms with Gasteiger partial charge in [-0.15, -0.1) is 0 Å². The zero-order valence-electron chi connectivity index (χ0n) is 17.3. The second-order valence-corrected chi connectivity index (χ2v) is 8.17. The van der Waals surface area contributed by atoms with Crippen LogP contribution in [0.15, 0.2) is 23.5 Å². The minimum Gasteiger partial charge on any atom is -0.471 e. The van der Waals surface area contributed by atoms with Crippen LogP contribution >= 0.6 is 11.8 Å². The van der Waals surface area contributed by atoms with Gasteiger partial charge in [-0.3, -0.25) is 0 Å². The lowest BCUT2D eigenvalue weighted by molar-refractivity contribution is -0.340. The molecule has 0 spiro atoms. The normalized spacial score (nSPS) is 38.8. The van der Waals surface area contributed by atoms with Crippen molar-refractivity contribution in [2.24, 2.45) is 11.8 Å². The third-order valence-electron chi connectivity index (χ3n) is 5.61. The SMILES string of the molecule is COC(=O)C1=COC(O[C@@H]2OC(CO)[C@@H](O)C(O)C2O)[C@@H]2C(COC(=O)SC)=C[C@H](O)[C@H]12. The quantitative estimate of drug-likeness (QED) is 0.214. The minimum atomic E-state index is -1.69. The second-order valence-electron chi connectivity index (χ2n) is 7.43. The molecule has 12 nitrogen and oxygen atoms in total. The zero-order chi connectivity index (χ0) is 23.6. The fourth-order valence-electron chi connectivity index (χ4n) is 3.98. The molecule has 32 heavy (non-hydrogen) atoms. The molecular formula is C19H26O12S. The third-order valence-corrected chi connectivity index (χ3v) is 6.06. The third kappa shape index (κ3) is 4.79. The highest BCUT2D eigenvalue weighted by atomic mass is 32.2. The molecule has 0 bridgehead atoms. The van der Waals surface area contributed by atoms with Crippen LogP contribution in [-0.4, -0.2) is 106 Å². The van der Waals surface area contributed by atoms with Gasteiger partial charge in [0.05, 0.1) is 37.6 Å². The van der Waals surface area contributed by atoms with E-state index in [9.17, 15) is 35.1 Å². The van der Waals surface area contributed by atoms with Crippen molar-refractivity contribution in [3.05, 3.63) is 23.5 Å². The van der Waals surface area contributed by atoms with Gasteiger partial charge in [0.1, 0.15) is 31.0 Å². The lowest BCUT2D eigenvalue weighted by atomic mass is 9.82. The average molecular weight is 478 g/mol. The fourth-order valence-corrected chi connectivity index (χ4v) is 4.16. The summed E-state index contributed by atoms with van der Waals surface area (Å²) in [5, 5.41) is 49.6. The first-order valence-electron chi connectivity index (χ1n) is 9.72. The Kier molecular flexibility index (Phi) is 8.16. The lowest BCUT2D eigenvalue weighted by Gasteiger charge is -2.43. The molecule has 13 heteroatoms. The largest absolute Gasteiger partial charge is 0.471 e. The van der Waals surface area contributed by atoms with Crippen LogP contribution in [0.5, 0.6) is 0 Å². The summed E-state index contributed by atoms with van der Waals surface area (Å²) in [6.45, 7) is -0.868. The van der Waals surface area contributed by atoms with E-state index >= 15 is 0 Å². The van der Waals surface area contributed by atoms with E-state index < -0.39 is 72.8 Å². The minimum absolute atomic E-state index is 0.0288. The first-order valence-corrected chi connectivity index (χ1v) is 10.9. The molecule has 2 heterocycles. The summed E-state index contributed by atoms with van der Waals surface area (Å²) in [7, 11) is 1.17. The van der Waals surface area contributed by atoms with Crippen molar-refractivity contribution in [2.75, 3.05) is 26.6 Å². The monoisotopic (exact) mass is 478 g/mol. The zero-order valence-corrected chi connectivity index (χ0v) is 18.1. The Morgan fingerprint density at radius 1 is 1.09 bits per heavy atom. The predicted molar refractivity (Wildman–Crippen MR) is 106 cm³/mol. The van der Waals surface area contributed by atoms with Crippen molar-refractivity contribution in [3.8, 4) is 0 Å². The summed E-state index contributed by atoms with van der Waals surface area (Å²) in [5.74, 6) is -2.44. The lowest BCUT2D eigenvalue weighted by Crippen LogP contribution is -2.60. The number of methoxy groups -OCH3 is 1. The van der Waals surface area contributed by atoms with Gasteiger partial charge < -0.3 is 49.2 Å². The number of hydrogen-bond donors (Lipinski definition) is 5. The number of fused-ring (bicyclic) bond motifs is 1. The van der Waals surface area contributed by atoms with Crippen molar-refractivity contribution in [2.45, 2.75) is 43.1 Å². The first-order chi connectivity index (χ1) is 15.2. The number of thioether (sulfide) groups is 1. The molecule has 5 N–H and O–H groups in total. The van der Waals surface area contributed by atoms with E-state index in [1.165, 1.54) is 19.4 Å². The summed E-state index contributed by atoms with van der Waals surface area (Å²) >= 11 is 0.853. The molecule has 1 aliphatic carbocycles. The Labute approximate surface area is 187 Å². The van der Waals surface area contributed by atoms with Crippen LogP contribution in [0.2, 0.25) is 0 Å². The topological polar surface area (TPSA) is 181 Å². The highest BCUT2D eigenvalue weighted by molar-refractivity contribution is 8.12. The van der Waals surface area contributed by atoms with Gasteiger partial charge >= 0.3 is 11.3 Å². The molecule has 0 saturated carbocycles. The summed E-state index contributed by atoms with van der Waals surface area (Å²) in [4.78, 5) is 23.8. The Bertz CT molecular complexity index is 767. The molecule has 3 aliphatic rings. The van der Waals surface area contributed by atoms with Crippen LogP contribution < -0.4 is 0 Å². The standard InChI is InChI=1S/C19H26O12S/c1-27-16(25)8-6-28-17(31-18-15(24)14(23)13(22)10(4-20)30-18)11-7(3-9(21)12(8)11)5-29-19(26)32-2/h3,6,9-15,17-18,20-24H,4-5H2,1-2H3/t9-,10?,11+,12-,13+,14?,15?,17?,18-/m0/s1. The molecule has 4 unspecified atom stereocenters. The van der Waals surface area contributed by atoms with Gasteiger partial charge in [0.25, 0.3) is 0 Å². The van der Waals surface area contributed by atoms with Crippen LogP contribution in [0.25, 0.3) is 0 Å². The highest BCUT2D eigenvalue weighted by Gasteiger charge is 2.52. The molecule has 2 aliphatic heterocycles. The smallest absolute Gasteiger partial charge is 0.367 e. The van der Waals surface area contributed by atoms with E-state index in [2.05, 4.69) is 0 Å². The first kappa shape index (κ1) is 24.9. The number of rotatable bonds is 6. The van der Waals surface area contributed by atoms with Crippen LogP contribution in [0.3, 0.4) is 0 Å². The van der Waals surface area contributed by atoms with Crippen molar-refractivity contribution in [1.82, 2.24) is 0 Å². The van der Waals surface area contributed by atoms with E-state index in [-0.39, 0.29) is 12.2 Å². The summed E-state index contributed by atoms with van der Waals surface area (Å²) in [6, 6.07) is 0. The Morgan fingerprint density at radius 3 is 2.44 bits per heavy atom. The Morgan fingerprint density at radius 2 is 1.81 bits per heavy atom. The molecule has 0 amide bonds. The van der Waals surface area contributed by atoms with Gasteiger partial charge in [0.2, 0.25) is 6.29 Å². The van der Waals surface area contributed by atoms with E-state index in [1.54, 1.807) is 0 Å². The van der Waals surface area contributed by atoms with Crippen molar-refractivity contribution in [3.63, 3.8) is 0 Å². The molecule has 0 radical (unpaired) electrons. The van der Waals surface area contributed by atoms with E-state index in [0.29, 0.717) is 5.57 Å². The number of aliphatic hydroxyl groups excluding tert-OH is 5. The van der Waals surface area contributed by atoms with E-state index in [4.69, 9.17) is 23.7 Å². The Balaban J connectivity index is 1.86. The number of ether oxygens (including phenoxy) is 5. The predicted octanol–water partition coefficient (Wildman–Crippen LogP) is -1.75. The van der Waals surface area contributed by atoms with Crippen LogP contribution in [-0.2, 0) is 28.5 Å². The molecule has 3 rings (SSSR count). The van der Waals surface area contributed by atoms with Gasteiger partial charge in [0, 0.05) is 5.92 Å². The van der Waals surface area contributed by atoms with Gasteiger partial charge in [-0.05, 0) is 23.6 Å². The molecule has 1 fully saturated rings. The van der Waals surface area contributed by atoms with Crippen LogP contribution in [0, 0.1) is 11.8 Å². The summed E-state index contributed by atoms with van der Waals surface area (Å²) in [6.07, 6.45) is -6.03. The summed E-state index contributed by atoms with van der Waals surface area (Å²) < 4.78 is 26.5. The molecule has 0 aromatic rings. The fraction of sp³-hybridized carbons (Fsp3) is 0.684. The average Bonchev–Trinajstić information content (AvgIpc) is 3.14. The van der Waals surface area contributed by atoms with E-state index in [0.717, 1.165) is 18.0 Å². The number of aliphatic hydroxyl groups is 5. The summed E-state index contributed by atoms with van der Waals surface area (Å²) in [5.41, 5.74) is 0.426. The van der Waals surface area contributed by atoms with Gasteiger partial charge in [-0.25, -0.2) is 9.59 Å². The number of esters is 1. The molecule has 0 aromatic heterocycles. The number of hydrogen-bond acceptors (Lipinski definition) is 13. The van der Waals surface area contributed by atoms with Gasteiger partial charge in [0.15, 0.2) is 6.29 Å². The van der Waals surface area contributed by atoms with Crippen molar-refractivity contribution >= 4 is 23.0 Å². The highest BCUT2D eigenvalue weighted by Crippen LogP contribution is 2.45. The second kappa shape index (κ2) is 10.5. The molecule has 9 atom stereocenters. The molecular weight excluding hydrogens is 452 g/mol. The molecule has 0 aromatic carbocycles. The van der Waals surface area contributed by atoms with Crippen LogP contribution in [0.1, 0.15) is 0 Å². The molecule has 1 saturated heterocycles. The number of carbonyl (C=O) groups is 2. The van der Waals surface area contributed by atoms with Crippen LogP contribution in [0.4, 0.5) is 4.79 Å². The van der Waals surface area contributed by atoms with E-state index in [1.807, 2.05) is 0 Å². The van der Waals surface area contributed by atoms with Crippen molar-refractivity contribution < 1.29 is 58.8 Å². The van der Waals surface area contributed by atoms with Gasteiger partial charge in [-0.2, -0.15) is 0 Å².